The molecule has 2 aromatic heterocycles. The fourth-order valence-corrected chi connectivity index (χ4v) is 1.28. The van der Waals surface area contributed by atoms with Gasteiger partial charge in [-0.3, -0.25) is 9.59 Å². The van der Waals surface area contributed by atoms with Crippen molar-refractivity contribution in [3.63, 3.8) is 0 Å². The number of carbonyl (C=O) groups is 2. The van der Waals surface area contributed by atoms with E-state index in [0.29, 0.717) is 5.69 Å². The van der Waals surface area contributed by atoms with Gasteiger partial charge in [-0.2, -0.15) is 0 Å². The van der Waals surface area contributed by atoms with Gasteiger partial charge in [0.05, 0.1) is 12.7 Å². The van der Waals surface area contributed by atoms with Crippen LogP contribution in [0.25, 0.3) is 0 Å². The first kappa shape index (κ1) is 12.6. The lowest BCUT2D eigenvalue weighted by molar-refractivity contribution is -0.138. The highest BCUT2D eigenvalue weighted by molar-refractivity contribution is 5.75. The quantitative estimate of drug-likeness (QED) is 0.592. The Hall–Kier alpha value is -2.85. The van der Waals surface area contributed by atoms with Crippen molar-refractivity contribution in [3.05, 3.63) is 18.2 Å². The van der Waals surface area contributed by atoms with Crippen LogP contribution < -0.4 is 5.32 Å². The van der Waals surface area contributed by atoms with Crippen LogP contribution in [0.15, 0.2) is 12.5 Å². The predicted octanol–water partition coefficient (Wildman–Crippen LogP) is -2.33. The summed E-state index contributed by atoms with van der Waals surface area (Å²) in [6.45, 7) is -0.123. The monoisotopic (exact) mass is 266 g/mol. The number of hydrogen-bond acceptors (Lipinski definition) is 7. The molecule has 2 rings (SSSR count). The lowest BCUT2D eigenvalue weighted by Gasteiger charge is -2.01. The van der Waals surface area contributed by atoms with E-state index in [0.717, 1.165) is 0 Å². The number of rotatable bonds is 6. The Bertz CT molecular complexity index is 562. The van der Waals surface area contributed by atoms with E-state index < -0.39 is 5.97 Å². The Balaban J connectivity index is 1.80. The van der Waals surface area contributed by atoms with Gasteiger partial charge < -0.3 is 10.4 Å². The Kier molecular flexibility index (Phi) is 3.75. The fraction of sp³-hybridized carbons (Fsp3) is 0.375. The maximum atomic E-state index is 11.5. The molecule has 100 valence electrons. The smallest absolute Gasteiger partial charge is 0.325 e. The third-order valence-corrected chi connectivity index (χ3v) is 2.05. The molecular formula is C8H10N8O3. The van der Waals surface area contributed by atoms with E-state index in [2.05, 4.69) is 31.2 Å². The van der Waals surface area contributed by atoms with Crippen molar-refractivity contribution >= 4 is 11.9 Å². The Morgan fingerprint density at radius 1 is 1.26 bits per heavy atom. The first-order chi connectivity index (χ1) is 9.13. The average molecular weight is 266 g/mol. The lowest BCUT2D eigenvalue weighted by atomic mass is 10.4. The van der Waals surface area contributed by atoms with Crippen molar-refractivity contribution in [2.45, 2.75) is 19.6 Å². The Morgan fingerprint density at radius 2 is 2.11 bits per heavy atom. The van der Waals surface area contributed by atoms with Crippen LogP contribution in [0.4, 0.5) is 0 Å². The van der Waals surface area contributed by atoms with Crippen LogP contribution in [0, 0.1) is 0 Å². The van der Waals surface area contributed by atoms with E-state index in [1.807, 2.05) is 0 Å². The molecule has 0 atom stereocenters. The van der Waals surface area contributed by atoms with E-state index in [1.165, 1.54) is 21.9 Å². The third kappa shape index (κ3) is 3.83. The molecule has 2 N–H and O–H groups in total. The number of carbonyl (C=O) groups excluding carboxylic acids is 1. The molecule has 0 aromatic carbocycles. The number of nitrogens with zero attached hydrogens (tertiary/aromatic N) is 7. The average Bonchev–Trinajstić information content (AvgIpc) is 2.97. The molecule has 2 aromatic rings. The number of aromatic nitrogens is 7. The molecule has 0 saturated heterocycles. The lowest BCUT2D eigenvalue weighted by Crippen LogP contribution is -2.27. The van der Waals surface area contributed by atoms with Gasteiger partial charge in [-0.15, -0.1) is 10.2 Å². The molecule has 0 radical (unpaired) electrons. The van der Waals surface area contributed by atoms with Crippen LogP contribution in [0.5, 0.6) is 0 Å². The summed E-state index contributed by atoms with van der Waals surface area (Å²) in [4.78, 5) is 21.9. The van der Waals surface area contributed by atoms with E-state index in [-0.39, 0.29) is 25.5 Å². The summed E-state index contributed by atoms with van der Waals surface area (Å²) in [6, 6.07) is 0. The molecular weight excluding hydrogens is 256 g/mol. The molecule has 11 nitrogen and oxygen atoms in total. The van der Waals surface area contributed by atoms with E-state index >= 15 is 0 Å². The first-order valence-electron chi connectivity index (χ1n) is 5.22. The number of aliphatic carboxylic acids is 1. The summed E-state index contributed by atoms with van der Waals surface area (Å²) in [5, 5.41) is 28.8. The number of tetrazole rings is 1. The second-order valence-electron chi connectivity index (χ2n) is 3.59. The molecule has 2 heterocycles. The maximum absolute atomic E-state index is 11.5. The highest BCUT2D eigenvalue weighted by Gasteiger charge is 2.07. The normalized spacial score (nSPS) is 10.3. The standard InChI is InChI=1S/C8H10N8O3/c17-7(3-16-5-10-12-14-16)9-1-6-2-15(13-11-6)4-8(18)19/h2,5H,1,3-4H2,(H,9,17)(H,18,19). The van der Waals surface area contributed by atoms with Crippen LogP contribution in [-0.4, -0.2) is 52.2 Å². The summed E-state index contributed by atoms with van der Waals surface area (Å²) in [5.74, 6) is -1.31. The molecule has 1 amide bonds. The molecule has 0 bridgehead atoms. The van der Waals surface area contributed by atoms with Gasteiger partial charge in [-0.25, -0.2) is 9.36 Å². The number of carboxylic acids is 1. The molecule has 19 heavy (non-hydrogen) atoms. The molecule has 0 saturated carbocycles. The minimum atomic E-state index is -1.01. The summed E-state index contributed by atoms with van der Waals surface area (Å²) >= 11 is 0. The van der Waals surface area contributed by atoms with Crippen molar-refractivity contribution < 1.29 is 14.7 Å². The van der Waals surface area contributed by atoms with Gasteiger partial charge in [0.25, 0.3) is 0 Å². The number of hydrogen-bond donors (Lipinski definition) is 2. The SMILES string of the molecule is O=C(O)Cn1cc(CNC(=O)Cn2cnnn2)nn1. The molecule has 0 aliphatic rings. The number of amides is 1. The zero-order valence-corrected chi connectivity index (χ0v) is 9.67. The van der Waals surface area contributed by atoms with Crippen LogP contribution in [0.2, 0.25) is 0 Å². The minimum absolute atomic E-state index is 0.00371. The highest BCUT2D eigenvalue weighted by Crippen LogP contribution is 1.93. The molecule has 0 aliphatic carbocycles. The minimum Gasteiger partial charge on any atom is -0.480 e. The van der Waals surface area contributed by atoms with Crippen LogP contribution in [-0.2, 0) is 29.2 Å². The van der Waals surface area contributed by atoms with Crippen LogP contribution in [0.3, 0.4) is 0 Å². The predicted molar refractivity (Wildman–Crippen MR) is 57.3 cm³/mol. The first-order valence-corrected chi connectivity index (χ1v) is 5.22. The second-order valence-corrected chi connectivity index (χ2v) is 3.59. The van der Waals surface area contributed by atoms with E-state index in [4.69, 9.17) is 5.11 Å². The van der Waals surface area contributed by atoms with Crippen molar-refractivity contribution in [2.75, 3.05) is 0 Å². The van der Waals surface area contributed by atoms with Gasteiger partial charge in [-0.1, -0.05) is 5.21 Å². The summed E-state index contributed by atoms with van der Waals surface area (Å²) in [6.07, 6.45) is 2.77. The van der Waals surface area contributed by atoms with Gasteiger partial charge >= 0.3 is 5.97 Å². The number of carboxylic acid groups (broad SMARTS) is 1. The highest BCUT2D eigenvalue weighted by atomic mass is 16.4. The van der Waals surface area contributed by atoms with E-state index in [1.54, 1.807) is 0 Å². The van der Waals surface area contributed by atoms with Crippen molar-refractivity contribution in [1.82, 2.24) is 40.5 Å². The van der Waals surface area contributed by atoms with Crippen molar-refractivity contribution in [3.8, 4) is 0 Å². The molecule has 0 fully saturated rings. The number of nitrogens with one attached hydrogen (secondary N) is 1. The third-order valence-electron chi connectivity index (χ3n) is 2.05. The van der Waals surface area contributed by atoms with Gasteiger partial charge in [-0.05, 0) is 10.4 Å². The van der Waals surface area contributed by atoms with Gasteiger partial charge in [0.1, 0.15) is 25.1 Å². The van der Waals surface area contributed by atoms with Gasteiger partial charge in [0, 0.05) is 0 Å². The van der Waals surface area contributed by atoms with Crippen LogP contribution >= 0.6 is 0 Å². The topological polar surface area (TPSA) is 141 Å². The maximum Gasteiger partial charge on any atom is 0.325 e. The largest absolute Gasteiger partial charge is 0.480 e. The molecule has 0 spiro atoms. The Morgan fingerprint density at radius 3 is 2.79 bits per heavy atom. The summed E-state index contributed by atoms with van der Waals surface area (Å²) in [7, 11) is 0. The zero-order chi connectivity index (χ0) is 13.7. The summed E-state index contributed by atoms with van der Waals surface area (Å²) in [5.41, 5.74) is 0.464. The van der Waals surface area contributed by atoms with Crippen molar-refractivity contribution in [2.24, 2.45) is 0 Å². The zero-order valence-electron chi connectivity index (χ0n) is 9.67. The fourth-order valence-electron chi connectivity index (χ4n) is 1.28. The van der Waals surface area contributed by atoms with E-state index in [9.17, 15) is 9.59 Å². The second kappa shape index (κ2) is 5.66. The van der Waals surface area contributed by atoms with Gasteiger partial charge in [0.2, 0.25) is 5.91 Å². The molecule has 0 unspecified atom stereocenters. The Labute approximate surface area is 106 Å². The van der Waals surface area contributed by atoms with Crippen LogP contribution in [0.1, 0.15) is 5.69 Å². The van der Waals surface area contributed by atoms with Gasteiger partial charge in [0.15, 0.2) is 0 Å². The van der Waals surface area contributed by atoms with Crippen molar-refractivity contribution in [1.29, 1.82) is 0 Å². The molecule has 11 heteroatoms. The summed E-state index contributed by atoms with van der Waals surface area (Å²) < 4.78 is 2.45. The molecule has 0 aliphatic heterocycles.